The molecule has 0 saturated carbocycles. The summed E-state index contributed by atoms with van der Waals surface area (Å²) in [5.74, 6) is -0.323. The normalized spacial score (nSPS) is 14.6. The summed E-state index contributed by atoms with van der Waals surface area (Å²) in [5.41, 5.74) is 0. The van der Waals surface area contributed by atoms with Crippen molar-refractivity contribution in [2.24, 2.45) is 0 Å². The van der Waals surface area contributed by atoms with Crippen LogP contribution in [0.15, 0.2) is 36.2 Å². The van der Waals surface area contributed by atoms with E-state index >= 15 is 0 Å². The highest BCUT2D eigenvalue weighted by Crippen LogP contribution is 2.22. The summed E-state index contributed by atoms with van der Waals surface area (Å²) in [6.07, 6.45) is 1.93. The number of methoxy groups -OCH3 is 1. The third kappa shape index (κ3) is 4.02. The summed E-state index contributed by atoms with van der Waals surface area (Å²) in [6.45, 7) is 5.02. The molecule has 0 N–H and O–H groups in total. The summed E-state index contributed by atoms with van der Waals surface area (Å²) >= 11 is 0. The quantitative estimate of drug-likeness (QED) is 0.539. The molecule has 1 rings (SSSR count). The first kappa shape index (κ1) is 12.8. The van der Waals surface area contributed by atoms with Crippen molar-refractivity contribution in [3.63, 3.8) is 0 Å². The average Bonchev–Trinajstić information content (AvgIpc) is 2.62. The van der Waals surface area contributed by atoms with Gasteiger partial charge in [-0.15, -0.1) is 0 Å². The third-order valence-corrected chi connectivity index (χ3v) is 1.80. The fourth-order valence-corrected chi connectivity index (χ4v) is 0.978. The van der Waals surface area contributed by atoms with Gasteiger partial charge in [0.15, 0.2) is 12.4 Å². The van der Waals surface area contributed by atoms with Crippen LogP contribution < -0.4 is 0 Å². The lowest BCUT2D eigenvalue weighted by Gasteiger charge is -2.01. The highest BCUT2D eigenvalue weighted by atomic mass is 16.7. The average molecular weight is 240 g/mol. The van der Waals surface area contributed by atoms with E-state index in [9.17, 15) is 9.59 Å². The molecule has 1 aliphatic rings. The van der Waals surface area contributed by atoms with Crippen LogP contribution in [-0.2, 0) is 28.5 Å². The largest absolute Gasteiger partial charge is 0.466 e. The Labute approximate surface area is 98.1 Å². The number of carbonyl (C=O) groups is 2. The molecule has 17 heavy (non-hydrogen) atoms. The number of ether oxygens (including phenoxy) is 4. The number of carbonyl (C=O) groups excluding carboxylic acids is 2. The summed E-state index contributed by atoms with van der Waals surface area (Å²) < 4.78 is 19.2. The van der Waals surface area contributed by atoms with Crippen molar-refractivity contribution in [2.45, 2.75) is 6.92 Å². The fraction of sp³-hybridized carbons (Fsp3) is 0.273. The van der Waals surface area contributed by atoms with E-state index in [1.54, 1.807) is 6.92 Å². The van der Waals surface area contributed by atoms with Crippen LogP contribution in [0.1, 0.15) is 6.92 Å². The standard InChI is InChI=1S/C11H12O6/c1-7-9(17-8(2)16-7)6-15-11(13)5-4-10(12)14-3/h4-5H,2,6H2,1,3H3/b5-4+. The first-order valence-electron chi connectivity index (χ1n) is 4.70. The molecule has 6 heteroatoms. The molecule has 0 bridgehead atoms. The zero-order valence-corrected chi connectivity index (χ0v) is 9.52. The van der Waals surface area contributed by atoms with E-state index in [2.05, 4.69) is 11.3 Å². The van der Waals surface area contributed by atoms with E-state index in [0.717, 1.165) is 12.2 Å². The molecule has 0 aliphatic carbocycles. The van der Waals surface area contributed by atoms with Gasteiger partial charge in [-0.2, -0.15) is 0 Å². The molecule has 1 heterocycles. The number of allylic oxidation sites excluding steroid dienone is 1. The molecular weight excluding hydrogens is 228 g/mol. The Bertz CT molecular complexity index is 404. The van der Waals surface area contributed by atoms with Gasteiger partial charge in [0, 0.05) is 12.2 Å². The third-order valence-electron chi connectivity index (χ3n) is 1.80. The van der Waals surface area contributed by atoms with Gasteiger partial charge in [0.05, 0.1) is 7.11 Å². The second-order valence-corrected chi connectivity index (χ2v) is 3.02. The monoisotopic (exact) mass is 240 g/mol. The van der Waals surface area contributed by atoms with Gasteiger partial charge in [0.25, 0.3) is 5.95 Å². The molecular formula is C11H12O6. The van der Waals surface area contributed by atoms with Crippen LogP contribution >= 0.6 is 0 Å². The Balaban J connectivity index is 2.39. The van der Waals surface area contributed by atoms with E-state index in [0.29, 0.717) is 11.5 Å². The van der Waals surface area contributed by atoms with Gasteiger partial charge < -0.3 is 18.9 Å². The van der Waals surface area contributed by atoms with Crippen LogP contribution in [0.5, 0.6) is 0 Å². The van der Waals surface area contributed by atoms with E-state index in [1.807, 2.05) is 0 Å². The minimum atomic E-state index is -0.684. The van der Waals surface area contributed by atoms with Crippen molar-refractivity contribution in [1.82, 2.24) is 0 Å². The fourth-order valence-electron chi connectivity index (χ4n) is 0.978. The molecule has 0 amide bonds. The van der Waals surface area contributed by atoms with Gasteiger partial charge in [-0.3, -0.25) is 0 Å². The van der Waals surface area contributed by atoms with E-state index in [1.165, 1.54) is 7.11 Å². The molecule has 0 unspecified atom stereocenters. The Morgan fingerprint density at radius 3 is 2.47 bits per heavy atom. The Morgan fingerprint density at radius 1 is 1.29 bits per heavy atom. The summed E-state index contributed by atoms with van der Waals surface area (Å²) in [4.78, 5) is 21.8. The zero-order valence-electron chi connectivity index (χ0n) is 9.52. The van der Waals surface area contributed by atoms with Crippen LogP contribution in [0, 0.1) is 0 Å². The van der Waals surface area contributed by atoms with Crippen molar-refractivity contribution in [3.8, 4) is 0 Å². The smallest absolute Gasteiger partial charge is 0.331 e. The van der Waals surface area contributed by atoms with E-state index in [4.69, 9.17) is 14.2 Å². The maximum atomic E-state index is 11.2. The Hall–Kier alpha value is -2.24. The van der Waals surface area contributed by atoms with E-state index in [-0.39, 0.29) is 12.6 Å². The predicted octanol–water partition coefficient (Wildman–Crippen LogP) is 1.01. The van der Waals surface area contributed by atoms with Gasteiger partial charge in [-0.05, 0) is 13.5 Å². The van der Waals surface area contributed by atoms with Crippen LogP contribution in [0.4, 0.5) is 0 Å². The van der Waals surface area contributed by atoms with Crippen molar-refractivity contribution in [2.75, 3.05) is 13.7 Å². The van der Waals surface area contributed by atoms with Crippen LogP contribution in [0.3, 0.4) is 0 Å². The van der Waals surface area contributed by atoms with Crippen LogP contribution in [0.2, 0.25) is 0 Å². The Kier molecular flexibility index (Phi) is 4.33. The first-order valence-corrected chi connectivity index (χ1v) is 4.70. The lowest BCUT2D eigenvalue weighted by atomic mass is 10.4. The number of rotatable bonds is 4. The molecule has 0 aromatic carbocycles. The van der Waals surface area contributed by atoms with E-state index < -0.39 is 11.9 Å². The lowest BCUT2D eigenvalue weighted by molar-refractivity contribution is -0.139. The van der Waals surface area contributed by atoms with Gasteiger partial charge in [0.1, 0.15) is 5.76 Å². The van der Waals surface area contributed by atoms with Crippen molar-refractivity contribution in [1.29, 1.82) is 0 Å². The molecule has 0 spiro atoms. The molecule has 6 nitrogen and oxygen atoms in total. The van der Waals surface area contributed by atoms with Gasteiger partial charge in [0.2, 0.25) is 0 Å². The maximum absolute atomic E-state index is 11.2. The molecule has 0 fully saturated rings. The minimum absolute atomic E-state index is 0.0881. The predicted molar refractivity (Wildman–Crippen MR) is 56.1 cm³/mol. The number of hydrogen-bond donors (Lipinski definition) is 0. The van der Waals surface area contributed by atoms with Crippen molar-refractivity contribution >= 4 is 11.9 Å². The van der Waals surface area contributed by atoms with Crippen molar-refractivity contribution < 1.29 is 28.5 Å². The molecule has 0 atom stereocenters. The highest BCUT2D eigenvalue weighted by molar-refractivity contribution is 5.91. The molecule has 0 radical (unpaired) electrons. The number of esters is 2. The van der Waals surface area contributed by atoms with Crippen LogP contribution in [0.25, 0.3) is 0 Å². The van der Waals surface area contributed by atoms with Gasteiger partial charge in [-0.25, -0.2) is 9.59 Å². The maximum Gasteiger partial charge on any atom is 0.331 e. The summed E-state index contributed by atoms with van der Waals surface area (Å²) in [7, 11) is 1.21. The topological polar surface area (TPSA) is 71.1 Å². The first-order chi connectivity index (χ1) is 8.02. The number of hydrogen-bond acceptors (Lipinski definition) is 6. The molecule has 1 aliphatic heterocycles. The van der Waals surface area contributed by atoms with Gasteiger partial charge in [-0.1, -0.05) is 0 Å². The minimum Gasteiger partial charge on any atom is -0.466 e. The summed E-state index contributed by atoms with van der Waals surface area (Å²) in [6, 6.07) is 0. The molecule has 0 saturated heterocycles. The molecule has 0 aromatic heterocycles. The second-order valence-electron chi connectivity index (χ2n) is 3.02. The van der Waals surface area contributed by atoms with Gasteiger partial charge >= 0.3 is 11.9 Å². The van der Waals surface area contributed by atoms with Crippen molar-refractivity contribution in [3.05, 3.63) is 36.2 Å². The van der Waals surface area contributed by atoms with Crippen LogP contribution in [-0.4, -0.2) is 25.7 Å². The molecule has 92 valence electrons. The molecule has 0 aromatic rings. The zero-order chi connectivity index (χ0) is 12.8. The highest BCUT2D eigenvalue weighted by Gasteiger charge is 2.18. The SMILES string of the molecule is C=C1OC(C)=C(COC(=O)/C=C/C(=O)OC)O1. The summed E-state index contributed by atoms with van der Waals surface area (Å²) in [5, 5.41) is 0. The second kappa shape index (κ2) is 5.74. The Morgan fingerprint density at radius 2 is 1.94 bits per heavy atom. The lowest BCUT2D eigenvalue weighted by Crippen LogP contribution is -2.06.